The van der Waals surface area contributed by atoms with Crippen LogP contribution < -0.4 is 5.32 Å². The Kier molecular flexibility index (Phi) is 7.23. The fourth-order valence-corrected chi connectivity index (χ4v) is 3.76. The highest BCUT2D eigenvalue weighted by atomic mass is 35.5. The van der Waals surface area contributed by atoms with Crippen LogP contribution >= 0.6 is 11.6 Å². The summed E-state index contributed by atoms with van der Waals surface area (Å²) in [5.74, 6) is -0.810. The summed E-state index contributed by atoms with van der Waals surface area (Å²) in [6, 6.07) is 8.56. The van der Waals surface area contributed by atoms with E-state index in [0.717, 1.165) is 12.0 Å². The Morgan fingerprint density at radius 3 is 2.59 bits per heavy atom. The van der Waals surface area contributed by atoms with E-state index in [4.69, 9.17) is 16.3 Å². The van der Waals surface area contributed by atoms with E-state index in [2.05, 4.69) is 24.3 Å². The molecule has 0 saturated carbocycles. The Labute approximate surface area is 192 Å². The number of benzene rings is 1. The lowest BCUT2D eigenvalue weighted by Crippen LogP contribution is -2.63. The number of rotatable bonds is 8. The Morgan fingerprint density at radius 2 is 1.97 bits per heavy atom. The monoisotopic (exact) mass is 460 g/mol. The second-order valence-electron chi connectivity index (χ2n) is 8.52. The quantitative estimate of drug-likeness (QED) is 0.610. The normalized spacial score (nSPS) is 17.9. The van der Waals surface area contributed by atoms with E-state index >= 15 is 0 Å². The highest BCUT2D eigenvalue weighted by Gasteiger charge is 2.48. The second-order valence-corrected chi connectivity index (χ2v) is 8.96. The first-order chi connectivity index (χ1) is 15.2. The fourth-order valence-electron chi connectivity index (χ4n) is 3.63. The number of carbonyl (C=O) groups is 3. The Hall–Kier alpha value is -2.87. The van der Waals surface area contributed by atoms with Crippen molar-refractivity contribution in [1.82, 2.24) is 20.0 Å². The molecule has 0 bridgehead atoms. The number of hydrogen-bond donors (Lipinski definition) is 1. The Balaban J connectivity index is 1.96. The molecule has 172 valence electrons. The van der Waals surface area contributed by atoms with Crippen LogP contribution in [-0.2, 0) is 22.6 Å². The van der Waals surface area contributed by atoms with Gasteiger partial charge in [0.1, 0.15) is 11.2 Å². The molecule has 0 spiro atoms. The van der Waals surface area contributed by atoms with E-state index in [1.165, 1.54) is 15.6 Å². The first-order valence-corrected chi connectivity index (χ1v) is 11.1. The first kappa shape index (κ1) is 23.8. The van der Waals surface area contributed by atoms with Gasteiger partial charge in [-0.25, -0.2) is 4.79 Å². The molecule has 1 aliphatic heterocycles. The molecule has 2 heterocycles. The van der Waals surface area contributed by atoms with Crippen LogP contribution in [0.3, 0.4) is 0 Å². The second kappa shape index (κ2) is 9.73. The van der Waals surface area contributed by atoms with Crippen LogP contribution in [0.5, 0.6) is 0 Å². The number of halogens is 1. The van der Waals surface area contributed by atoms with Crippen molar-refractivity contribution in [2.75, 3.05) is 13.2 Å². The topological polar surface area (TPSA) is 93.5 Å². The fraction of sp³-hybridized carbons (Fsp3) is 0.478. The molecule has 1 aromatic heterocycles. The number of nitrogens with one attached hydrogen (secondary N) is 1. The van der Waals surface area contributed by atoms with Crippen LogP contribution in [0.15, 0.2) is 30.3 Å². The van der Waals surface area contributed by atoms with E-state index in [9.17, 15) is 14.4 Å². The zero-order chi connectivity index (χ0) is 23.5. The molecule has 1 atom stereocenters. The summed E-state index contributed by atoms with van der Waals surface area (Å²) in [4.78, 5) is 40.5. The maximum atomic E-state index is 13.5. The van der Waals surface area contributed by atoms with E-state index in [1.807, 2.05) is 12.1 Å². The molecule has 1 aliphatic rings. The average Bonchev–Trinajstić information content (AvgIpc) is 3.16. The lowest BCUT2D eigenvalue weighted by molar-refractivity contribution is -0.133. The summed E-state index contributed by atoms with van der Waals surface area (Å²) in [5, 5.41) is 7.81. The minimum absolute atomic E-state index is 0.0473. The molecule has 0 radical (unpaired) electrons. The maximum Gasteiger partial charge on any atom is 0.358 e. The van der Waals surface area contributed by atoms with Gasteiger partial charge in [-0.15, -0.1) is 0 Å². The van der Waals surface area contributed by atoms with Crippen LogP contribution in [0.1, 0.15) is 60.7 Å². The molecule has 3 rings (SSSR count). The highest BCUT2D eigenvalue weighted by Crippen LogP contribution is 2.30. The lowest BCUT2D eigenvalue weighted by Gasteiger charge is -2.43. The number of aromatic nitrogens is 2. The van der Waals surface area contributed by atoms with Gasteiger partial charge in [0.05, 0.1) is 13.2 Å². The number of hydrogen-bond acceptors (Lipinski definition) is 5. The van der Waals surface area contributed by atoms with Crippen molar-refractivity contribution in [2.45, 2.75) is 52.7 Å². The van der Waals surface area contributed by atoms with Gasteiger partial charge >= 0.3 is 5.97 Å². The average molecular weight is 461 g/mol. The van der Waals surface area contributed by atoms with Crippen LogP contribution in [-0.4, -0.2) is 51.2 Å². The summed E-state index contributed by atoms with van der Waals surface area (Å²) < 4.78 is 6.44. The van der Waals surface area contributed by atoms with Gasteiger partial charge in [-0.2, -0.15) is 5.10 Å². The number of ether oxygens (including phenoxy) is 1. The summed E-state index contributed by atoms with van der Waals surface area (Å²) in [6.07, 6.45) is 0.826. The SMILES string of the molecule is CCOC(=O)c1cc2n(n1)C[C@](C)(C(=O)NCCC(C)C)N(Cc1ccc(Cl)cc1)C2=O. The predicted octanol–water partition coefficient (Wildman–Crippen LogP) is 3.29. The lowest BCUT2D eigenvalue weighted by atomic mass is 9.94. The third-order valence-corrected chi connectivity index (χ3v) is 5.78. The van der Waals surface area contributed by atoms with Gasteiger partial charge in [0.25, 0.3) is 5.91 Å². The van der Waals surface area contributed by atoms with Gasteiger partial charge in [-0.1, -0.05) is 37.6 Å². The number of fused-ring (bicyclic) bond motifs is 1. The third-order valence-electron chi connectivity index (χ3n) is 5.53. The highest BCUT2D eigenvalue weighted by molar-refractivity contribution is 6.30. The van der Waals surface area contributed by atoms with Gasteiger partial charge in [0, 0.05) is 24.2 Å². The van der Waals surface area contributed by atoms with Crippen LogP contribution in [0.2, 0.25) is 5.02 Å². The van der Waals surface area contributed by atoms with Crippen molar-refractivity contribution in [1.29, 1.82) is 0 Å². The molecule has 0 saturated heterocycles. The van der Waals surface area contributed by atoms with E-state index in [-0.39, 0.29) is 42.9 Å². The molecular formula is C23H29ClN4O4. The summed E-state index contributed by atoms with van der Waals surface area (Å²) in [6.45, 7) is 8.63. The summed E-state index contributed by atoms with van der Waals surface area (Å²) >= 11 is 6.00. The molecule has 1 N–H and O–H groups in total. The van der Waals surface area contributed by atoms with Crippen LogP contribution in [0.4, 0.5) is 0 Å². The van der Waals surface area contributed by atoms with Crippen molar-refractivity contribution in [3.8, 4) is 0 Å². The van der Waals surface area contributed by atoms with Crippen molar-refractivity contribution >= 4 is 29.4 Å². The standard InChI is InChI=1S/C23H29ClN4O4/c1-5-32-21(30)18-12-19-20(29)27(13-16-6-8-17(24)9-7-16)23(4,14-28(19)26-18)22(31)25-11-10-15(2)3/h6-9,12,15H,5,10-11,13-14H2,1-4H3,(H,25,31)/t23-/m1/s1. The molecule has 32 heavy (non-hydrogen) atoms. The van der Waals surface area contributed by atoms with Crippen molar-refractivity contribution < 1.29 is 19.1 Å². The van der Waals surface area contributed by atoms with Gasteiger partial charge in [0.2, 0.25) is 5.91 Å². The third kappa shape index (κ3) is 4.96. The molecule has 2 aromatic rings. The zero-order valence-electron chi connectivity index (χ0n) is 18.9. The molecule has 1 aromatic carbocycles. The number of carbonyl (C=O) groups excluding carboxylic acids is 3. The zero-order valence-corrected chi connectivity index (χ0v) is 19.6. The first-order valence-electron chi connectivity index (χ1n) is 10.8. The van der Waals surface area contributed by atoms with E-state index < -0.39 is 11.5 Å². The maximum absolute atomic E-state index is 13.5. The van der Waals surface area contributed by atoms with Crippen LogP contribution in [0, 0.1) is 5.92 Å². The molecule has 0 unspecified atom stereocenters. The van der Waals surface area contributed by atoms with Crippen molar-refractivity contribution in [3.63, 3.8) is 0 Å². The van der Waals surface area contributed by atoms with Gasteiger partial charge < -0.3 is 15.0 Å². The van der Waals surface area contributed by atoms with Crippen molar-refractivity contribution in [3.05, 3.63) is 52.3 Å². The molecule has 0 aliphatic carbocycles. The largest absolute Gasteiger partial charge is 0.461 e. The minimum atomic E-state index is -1.20. The van der Waals surface area contributed by atoms with Crippen molar-refractivity contribution in [2.24, 2.45) is 5.92 Å². The molecule has 0 fully saturated rings. The Bertz CT molecular complexity index is 1000. The van der Waals surface area contributed by atoms with E-state index in [0.29, 0.717) is 17.5 Å². The number of esters is 1. The minimum Gasteiger partial charge on any atom is -0.461 e. The van der Waals surface area contributed by atoms with Gasteiger partial charge in [-0.05, 0) is 43.9 Å². The number of amides is 2. The summed E-state index contributed by atoms with van der Waals surface area (Å²) in [7, 11) is 0. The summed E-state index contributed by atoms with van der Waals surface area (Å²) in [5.41, 5.74) is -0.0679. The molecular weight excluding hydrogens is 432 g/mol. The van der Waals surface area contributed by atoms with Gasteiger partial charge in [0.15, 0.2) is 5.69 Å². The molecule has 9 heteroatoms. The smallest absolute Gasteiger partial charge is 0.358 e. The molecule has 2 amide bonds. The van der Waals surface area contributed by atoms with Crippen LogP contribution in [0.25, 0.3) is 0 Å². The Morgan fingerprint density at radius 1 is 1.28 bits per heavy atom. The van der Waals surface area contributed by atoms with Gasteiger partial charge in [-0.3, -0.25) is 14.3 Å². The predicted molar refractivity (Wildman–Crippen MR) is 120 cm³/mol. The molecule has 8 nitrogen and oxygen atoms in total. The van der Waals surface area contributed by atoms with E-state index in [1.54, 1.807) is 26.0 Å². The number of nitrogens with zero attached hydrogens (tertiary/aromatic N) is 3.